The van der Waals surface area contributed by atoms with E-state index in [9.17, 15) is 0 Å². The zero-order chi connectivity index (χ0) is 12.1. The molecule has 1 heterocycles. The number of hydrogen-bond acceptors (Lipinski definition) is 1. The number of rotatable bonds is 4. The largest absolute Gasteiger partial charge is 0.301 e. The molecule has 0 aromatic heterocycles. The second kappa shape index (κ2) is 6.55. The average molecular weight is 296 g/mol. The number of nitrogens with zero attached hydrogens (tertiary/aromatic N) is 1. The molecule has 1 aliphatic heterocycles. The number of hydrogen-bond donors (Lipinski definition) is 0. The third-order valence-electron chi connectivity index (χ3n) is 3.79. The molecule has 0 spiro atoms. The van der Waals surface area contributed by atoms with Crippen LogP contribution in [0.2, 0.25) is 0 Å². The second-order valence-corrected chi connectivity index (χ2v) is 5.93. The monoisotopic (exact) mass is 295 g/mol. The fourth-order valence-electron chi connectivity index (χ4n) is 2.66. The van der Waals surface area contributed by atoms with Crippen molar-refractivity contribution in [1.82, 2.24) is 4.90 Å². The summed E-state index contributed by atoms with van der Waals surface area (Å²) in [6.45, 7) is 4.93. The van der Waals surface area contributed by atoms with Gasteiger partial charge in [-0.3, -0.25) is 0 Å². The molecule has 1 fully saturated rings. The zero-order valence-electron chi connectivity index (χ0n) is 10.7. The Bertz CT molecular complexity index is 351. The van der Waals surface area contributed by atoms with E-state index in [0.29, 0.717) is 0 Å². The van der Waals surface area contributed by atoms with Gasteiger partial charge in [-0.15, -0.1) is 0 Å². The van der Waals surface area contributed by atoms with Crippen molar-refractivity contribution < 1.29 is 0 Å². The molecule has 94 valence electrons. The van der Waals surface area contributed by atoms with Crippen molar-refractivity contribution in [2.75, 3.05) is 13.1 Å². The lowest BCUT2D eigenvalue weighted by Crippen LogP contribution is -2.38. The van der Waals surface area contributed by atoms with Gasteiger partial charge < -0.3 is 4.90 Å². The molecule has 1 aromatic rings. The quantitative estimate of drug-likeness (QED) is 0.802. The summed E-state index contributed by atoms with van der Waals surface area (Å²) in [4.78, 5) is 2.65. The summed E-state index contributed by atoms with van der Waals surface area (Å²) in [7, 11) is 0. The molecule has 1 nitrogen and oxygen atoms in total. The van der Waals surface area contributed by atoms with Crippen LogP contribution >= 0.6 is 15.9 Å². The van der Waals surface area contributed by atoms with Gasteiger partial charge in [0.2, 0.25) is 0 Å². The van der Waals surface area contributed by atoms with E-state index < -0.39 is 0 Å². The van der Waals surface area contributed by atoms with Crippen LogP contribution in [0.1, 0.15) is 38.2 Å². The van der Waals surface area contributed by atoms with Crippen molar-refractivity contribution in [3.05, 3.63) is 34.3 Å². The van der Waals surface area contributed by atoms with Crippen LogP contribution in [0.25, 0.3) is 0 Å². The van der Waals surface area contributed by atoms with Crippen molar-refractivity contribution in [3.63, 3.8) is 0 Å². The van der Waals surface area contributed by atoms with E-state index in [4.69, 9.17) is 0 Å². The SMILES string of the molecule is CC1CCCCN1CCCc1ccccc1Br. The third-order valence-corrected chi connectivity index (χ3v) is 4.56. The Morgan fingerprint density at radius 2 is 2.12 bits per heavy atom. The molecule has 0 N–H and O–H groups in total. The number of halogens is 1. The molecule has 2 rings (SSSR count). The smallest absolute Gasteiger partial charge is 0.0207 e. The molecule has 1 aromatic carbocycles. The van der Waals surface area contributed by atoms with Crippen molar-refractivity contribution in [2.24, 2.45) is 0 Å². The second-order valence-electron chi connectivity index (χ2n) is 5.08. The summed E-state index contributed by atoms with van der Waals surface area (Å²) in [6, 6.07) is 9.37. The maximum absolute atomic E-state index is 3.62. The molecule has 1 aliphatic rings. The lowest BCUT2D eigenvalue weighted by molar-refractivity contribution is 0.159. The molecule has 0 radical (unpaired) electrons. The van der Waals surface area contributed by atoms with Gasteiger partial charge in [-0.2, -0.15) is 0 Å². The molecule has 0 saturated carbocycles. The Balaban J connectivity index is 1.77. The van der Waals surface area contributed by atoms with Crippen LogP contribution < -0.4 is 0 Å². The van der Waals surface area contributed by atoms with Crippen LogP contribution in [-0.4, -0.2) is 24.0 Å². The summed E-state index contributed by atoms with van der Waals surface area (Å²) in [5, 5.41) is 0. The van der Waals surface area contributed by atoms with E-state index in [1.165, 1.54) is 55.2 Å². The third kappa shape index (κ3) is 3.82. The number of piperidine rings is 1. The summed E-state index contributed by atoms with van der Waals surface area (Å²) >= 11 is 3.62. The fraction of sp³-hybridized carbons (Fsp3) is 0.600. The van der Waals surface area contributed by atoms with E-state index in [0.717, 1.165) is 6.04 Å². The molecule has 0 bridgehead atoms. The first-order chi connectivity index (χ1) is 8.27. The van der Waals surface area contributed by atoms with Crippen LogP contribution in [0.5, 0.6) is 0 Å². The Morgan fingerprint density at radius 3 is 2.88 bits per heavy atom. The average Bonchev–Trinajstić information content (AvgIpc) is 2.34. The van der Waals surface area contributed by atoms with Gasteiger partial charge in [0.1, 0.15) is 0 Å². The first-order valence-electron chi connectivity index (χ1n) is 6.75. The summed E-state index contributed by atoms with van der Waals surface area (Å²) in [6.07, 6.45) is 6.65. The Morgan fingerprint density at radius 1 is 1.29 bits per heavy atom. The number of likely N-dealkylation sites (tertiary alicyclic amines) is 1. The van der Waals surface area contributed by atoms with Crippen LogP contribution in [0.3, 0.4) is 0 Å². The minimum atomic E-state index is 0.794. The van der Waals surface area contributed by atoms with Crippen LogP contribution in [-0.2, 0) is 6.42 Å². The molecule has 0 aliphatic carbocycles. The molecule has 1 atom stereocenters. The lowest BCUT2D eigenvalue weighted by atomic mass is 10.0. The Labute approximate surface area is 113 Å². The van der Waals surface area contributed by atoms with Gasteiger partial charge in [0.25, 0.3) is 0 Å². The minimum Gasteiger partial charge on any atom is -0.301 e. The van der Waals surface area contributed by atoms with E-state index in [1.807, 2.05) is 0 Å². The maximum Gasteiger partial charge on any atom is 0.0207 e. The van der Waals surface area contributed by atoms with Crippen LogP contribution in [0.15, 0.2) is 28.7 Å². The predicted molar refractivity (Wildman–Crippen MR) is 77.3 cm³/mol. The molecular weight excluding hydrogens is 274 g/mol. The summed E-state index contributed by atoms with van der Waals surface area (Å²) in [5.74, 6) is 0. The highest BCUT2D eigenvalue weighted by Gasteiger charge is 2.17. The lowest BCUT2D eigenvalue weighted by Gasteiger charge is -2.33. The van der Waals surface area contributed by atoms with Gasteiger partial charge in [-0.05, 0) is 57.3 Å². The van der Waals surface area contributed by atoms with Gasteiger partial charge in [-0.1, -0.05) is 40.5 Å². The van der Waals surface area contributed by atoms with Crippen molar-refractivity contribution in [2.45, 2.75) is 45.1 Å². The van der Waals surface area contributed by atoms with Crippen LogP contribution in [0.4, 0.5) is 0 Å². The first kappa shape index (κ1) is 13.1. The highest BCUT2D eigenvalue weighted by atomic mass is 79.9. The first-order valence-corrected chi connectivity index (χ1v) is 7.54. The van der Waals surface area contributed by atoms with E-state index in [2.05, 4.69) is 52.0 Å². The molecule has 1 saturated heterocycles. The molecule has 0 amide bonds. The summed E-state index contributed by atoms with van der Waals surface area (Å²) in [5.41, 5.74) is 1.44. The van der Waals surface area contributed by atoms with Gasteiger partial charge in [0.15, 0.2) is 0 Å². The van der Waals surface area contributed by atoms with Crippen molar-refractivity contribution in [1.29, 1.82) is 0 Å². The number of aryl methyl sites for hydroxylation is 1. The van der Waals surface area contributed by atoms with Gasteiger partial charge in [0.05, 0.1) is 0 Å². The maximum atomic E-state index is 3.62. The van der Waals surface area contributed by atoms with Gasteiger partial charge in [-0.25, -0.2) is 0 Å². The highest BCUT2D eigenvalue weighted by molar-refractivity contribution is 9.10. The van der Waals surface area contributed by atoms with Gasteiger partial charge >= 0.3 is 0 Å². The normalized spacial score (nSPS) is 21.6. The minimum absolute atomic E-state index is 0.794. The van der Waals surface area contributed by atoms with E-state index in [1.54, 1.807) is 0 Å². The van der Waals surface area contributed by atoms with Crippen molar-refractivity contribution in [3.8, 4) is 0 Å². The molecule has 1 unspecified atom stereocenters. The molecule has 17 heavy (non-hydrogen) atoms. The Kier molecular flexibility index (Phi) is 5.05. The van der Waals surface area contributed by atoms with Gasteiger partial charge in [0, 0.05) is 10.5 Å². The van der Waals surface area contributed by atoms with E-state index in [-0.39, 0.29) is 0 Å². The van der Waals surface area contributed by atoms with Crippen molar-refractivity contribution >= 4 is 15.9 Å². The molecule has 2 heteroatoms. The standard InChI is InChI=1S/C15H22BrN/c1-13-7-4-5-11-17(13)12-6-9-14-8-2-3-10-15(14)16/h2-3,8,10,13H,4-7,9,11-12H2,1H3. The number of benzene rings is 1. The van der Waals surface area contributed by atoms with E-state index >= 15 is 0 Å². The fourth-order valence-corrected chi connectivity index (χ4v) is 3.15. The topological polar surface area (TPSA) is 3.24 Å². The predicted octanol–water partition coefficient (Wildman–Crippen LogP) is 4.26. The summed E-state index contributed by atoms with van der Waals surface area (Å²) < 4.78 is 1.26. The molecular formula is C15H22BrN. The Hall–Kier alpha value is -0.340. The highest BCUT2D eigenvalue weighted by Crippen LogP contribution is 2.19. The van der Waals surface area contributed by atoms with Crippen LogP contribution in [0, 0.1) is 0 Å². The zero-order valence-corrected chi connectivity index (χ0v) is 12.2.